The van der Waals surface area contributed by atoms with Crippen molar-refractivity contribution in [2.45, 2.75) is 59.0 Å². The Morgan fingerprint density at radius 2 is 1.97 bits per heavy atom. The number of thiophene rings is 1. The largest absolute Gasteiger partial charge is 0.390 e. The van der Waals surface area contributed by atoms with Crippen LogP contribution in [-0.4, -0.2) is 54.2 Å². The van der Waals surface area contributed by atoms with Crippen LogP contribution in [0.3, 0.4) is 0 Å². The van der Waals surface area contributed by atoms with Gasteiger partial charge in [-0.2, -0.15) is 5.10 Å². The number of likely N-dealkylation sites (tertiary alicyclic amines) is 1. The number of rotatable bonds is 3. The summed E-state index contributed by atoms with van der Waals surface area (Å²) in [6.45, 7) is 11.6. The molecule has 8 heteroatoms. The number of aliphatic hydroxyl groups is 1. The Labute approximate surface area is 191 Å². The molecule has 4 aromatic heterocycles. The first-order valence-corrected chi connectivity index (χ1v) is 11.9. The molecule has 0 atom stereocenters. The minimum absolute atomic E-state index is 0.0578. The molecule has 5 rings (SSSR count). The minimum Gasteiger partial charge on any atom is -0.390 e. The van der Waals surface area contributed by atoms with Crippen molar-refractivity contribution in [3.05, 3.63) is 40.2 Å². The normalized spacial score (nSPS) is 16.5. The summed E-state index contributed by atoms with van der Waals surface area (Å²) in [5, 5.41) is 14.6. The molecule has 1 aliphatic rings. The molecule has 0 radical (unpaired) electrons. The Morgan fingerprint density at radius 3 is 2.66 bits per heavy atom. The number of H-pyrrole nitrogens is 1. The van der Waals surface area contributed by atoms with E-state index < -0.39 is 5.60 Å². The number of aryl methyl sites for hydroxylation is 1. The molecular formula is C24H29N5O2S. The maximum Gasteiger partial charge on any atom is 0.264 e. The summed E-state index contributed by atoms with van der Waals surface area (Å²) in [4.78, 5) is 23.8. The monoisotopic (exact) mass is 451 g/mol. The molecule has 0 aliphatic carbocycles. The van der Waals surface area contributed by atoms with Crippen LogP contribution in [0, 0.1) is 13.8 Å². The van der Waals surface area contributed by atoms with Crippen molar-refractivity contribution >= 4 is 33.1 Å². The third-order valence-electron chi connectivity index (χ3n) is 6.82. The van der Waals surface area contributed by atoms with Crippen LogP contribution in [-0.2, 0) is 0 Å². The van der Waals surface area contributed by atoms with Gasteiger partial charge in [-0.25, -0.2) is 9.50 Å². The van der Waals surface area contributed by atoms with Gasteiger partial charge in [0.15, 0.2) is 5.65 Å². The number of nitrogens with zero attached hydrogens (tertiary/aromatic N) is 4. The zero-order valence-electron chi connectivity index (χ0n) is 19.2. The summed E-state index contributed by atoms with van der Waals surface area (Å²) in [7, 11) is 0. The molecule has 0 bridgehead atoms. The van der Waals surface area contributed by atoms with E-state index >= 15 is 0 Å². The summed E-state index contributed by atoms with van der Waals surface area (Å²) in [6.07, 6.45) is 4.86. The van der Waals surface area contributed by atoms with Gasteiger partial charge in [0.25, 0.3) is 5.91 Å². The Morgan fingerprint density at radius 1 is 1.25 bits per heavy atom. The fourth-order valence-corrected chi connectivity index (χ4v) is 5.95. The number of hydrogen-bond acceptors (Lipinski definition) is 5. The van der Waals surface area contributed by atoms with Crippen molar-refractivity contribution in [1.29, 1.82) is 0 Å². The number of amides is 1. The maximum atomic E-state index is 13.2. The van der Waals surface area contributed by atoms with Gasteiger partial charge >= 0.3 is 0 Å². The van der Waals surface area contributed by atoms with Crippen LogP contribution in [0.4, 0.5) is 0 Å². The molecule has 168 valence electrons. The first-order chi connectivity index (χ1) is 15.2. The first-order valence-electron chi connectivity index (χ1n) is 11.1. The minimum atomic E-state index is -0.667. The van der Waals surface area contributed by atoms with E-state index in [-0.39, 0.29) is 11.8 Å². The predicted octanol–water partition coefficient (Wildman–Crippen LogP) is 4.67. The van der Waals surface area contributed by atoms with Crippen molar-refractivity contribution < 1.29 is 9.90 Å². The van der Waals surface area contributed by atoms with Crippen molar-refractivity contribution in [2.24, 2.45) is 0 Å². The molecule has 7 nitrogen and oxygen atoms in total. The average Bonchev–Trinajstić information content (AvgIpc) is 3.43. The van der Waals surface area contributed by atoms with Crippen LogP contribution < -0.4 is 0 Å². The summed E-state index contributed by atoms with van der Waals surface area (Å²) in [5.74, 6) is 0.346. The number of pyridine rings is 1. The van der Waals surface area contributed by atoms with Crippen molar-refractivity contribution in [1.82, 2.24) is 24.5 Å². The lowest BCUT2D eigenvalue weighted by molar-refractivity contribution is -0.00188. The van der Waals surface area contributed by atoms with Crippen LogP contribution in [0.5, 0.6) is 0 Å². The molecule has 0 saturated carbocycles. The van der Waals surface area contributed by atoms with E-state index in [1.54, 1.807) is 17.7 Å². The van der Waals surface area contributed by atoms with Gasteiger partial charge in [0, 0.05) is 24.8 Å². The Bertz CT molecular complexity index is 1330. The highest BCUT2D eigenvalue weighted by molar-refractivity contribution is 7.21. The zero-order chi connectivity index (χ0) is 22.8. The zero-order valence-corrected chi connectivity index (χ0v) is 20.0. The summed E-state index contributed by atoms with van der Waals surface area (Å²) < 4.78 is 2.97. The van der Waals surface area contributed by atoms with Gasteiger partial charge in [-0.05, 0) is 62.3 Å². The lowest BCUT2D eigenvalue weighted by atomic mass is 9.94. The molecule has 0 spiro atoms. The van der Waals surface area contributed by atoms with E-state index in [4.69, 9.17) is 0 Å². The van der Waals surface area contributed by atoms with Gasteiger partial charge in [0.2, 0.25) is 0 Å². The molecule has 1 aliphatic heterocycles. The molecule has 2 N–H and O–H groups in total. The van der Waals surface area contributed by atoms with Gasteiger partial charge in [0.05, 0.1) is 26.4 Å². The molecule has 5 heterocycles. The van der Waals surface area contributed by atoms with E-state index in [9.17, 15) is 9.90 Å². The number of aromatic amines is 1. The van der Waals surface area contributed by atoms with Crippen molar-refractivity contribution in [3.63, 3.8) is 0 Å². The number of aromatic nitrogens is 4. The third kappa shape index (κ3) is 3.33. The number of carbonyl (C=O) groups is 1. The molecule has 4 aromatic rings. The smallest absolute Gasteiger partial charge is 0.264 e. The van der Waals surface area contributed by atoms with Gasteiger partial charge in [0.1, 0.15) is 6.33 Å². The Kier molecular flexibility index (Phi) is 4.90. The summed E-state index contributed by atoms with van der Waals surface area (Å²) >= 11 is 1.56. The fourth-order valence-electron chi connectivity index (χ4n) is 4.67. The summed E-state index contributed by atoms with van der Waals surface area (Å²) in [6, 6.07) is 1.99. The molecular weight excluding hydrogens is 422 g/mol. The number of carbonyl (C=O) groups excluding carboxylic acids is 1. The van der Waals surface area contributed by atoms with Gasteiger partial charge < -0.3 is 15.0 Å². The van der Waals surface area contributed by atoms with Gasteiger partial charge in [-0.3, -0.25) is 4.79 Å². The van der Waals surface area contributed by atoms with Crippen LogP contribution in [0.25, 0.3) is 27.1 Å². The maximum absolute atomic E-state index is 13.2. The topological polar surface area (TPSA) is 86.5 Å². The van der Waals surface area contributed by atoms with E-state index in [1.165, 1.54) is 11.1 Å². The lowest BCUT2D eigenvalue weighted by Gasteiger charge is -2.35. The van der Waals surface area contributed by atoms with Crippen molar-refractivity contribution in [2.75, 3.05) is 13.1 Å². The highest BCUT2D eigenvalue weighted by Gasteiger charge is 2.31. The quantitative estimate of drug-likeness (QED) is 0.474. The number of piperidine rings is 1. The van der Waals surface area contributed by atoms with E-state index in [2.05, 4.69) is 42.8 Å². The second kappa shape index (κ2) is 7.42. The molecule has 0 aromatic carbocycles. The molecule has 0 unspecified atom stereocenters. The highest BCUT2D eigenvalue weighted by Crippen LogP contribution is 2.41. The second-order valence-electron chi connectivity index (χ2n) is 9.53. The standard InChI is InChI=1S/C24H29N5O2S/c1-13(2)19-20(16-11-29-22(25-12-26-29)15(4)14(16)3)27-17-10-18(32-21(17)19)23(30)28-8-6-24(5,31)7-9-28/h10-13,27,31H,6-9H2,1-5H3. The average molecular weight is 452 g/mol. The van der Waals surface area contributed by atoms with Crippen LogP contribution in [0.2, 0.25) is 0 Å². The lowest BCUT2D eigenvalue weighted by Crippen LogP contribution is -2.44. The van der Waals surface area contributed by atoms with Gasteiger partial charge in [-0.15, -0.1) is 11.3 Å². The highest BCUT2D eigenvalue weighted by atomic mass is 32.1. The summed E-state index contributed by atoms with van der Waals surface area (Å²) in [5.41, 5.74) is 6.93. The van der Waals surface area contributed by atoms with Crippen molar-refractivity contribution in [3.8, 4) is 11.3 Å². The molecule has 1 saturated heterocycles. The Hall–Kier alpha value is -2.71. The predicted molar refractivity (Wildman–Crippen MR) is 127 cm³/mol. The Balaban J connectivity index is 1.57. The third-order valence-corrected chi connectivity index (χ3v) is 7.97. The molecule has 32 heavy (non-hydrogen) atoms. The number of hydrogen-bond donors (Lipinski definition) is 2. The van der Waals surface area contributed by atoms with Gasteiger partial charge in [-0.1, -0.05) is 13.8 Å². The fraction of sp³-hybridized carbons (Fsp3) is 0.458. The van der Waals surface area contributed by atoms with E-state index in [1.807, 2.05) is 28.6 Å². The van der Waals surface area contributed by atoms with E-state index in [0.717, 1.165) is 37.6 Å². The van der Waals surface area contributed by atoms with E-state index in [0.29, 0.717) is 25.9 Å². The van der Waals surface area contributed by atoms with Crippen LogP contribution >= 0.6 is 11.3 Å². The second-order valence-corrected chi connectivity index (χ2v) is 10.6. The first kappa shape index (κ1) is 21.2. The number of fused-ring (bicyclic) bond motifs is 2. The molecule has 1 fully saturated rings. The van der Waals surface area contributed by atoms with Crippen LogP contribution in [0.1, 0.15) is 65.9 Å². The molecule has 1 amide bonds. The number of nitrogens with one attached hydrogen (secondary N) is 1. The SMILES string of the molecule is Cc1c(-c2[nH]c3cc(C(=O)N4CCC(C)(O)CC4)sc3c2C(C)C)cn2ncnc2c1C. The van der Waals surface area contributed by atoms with Crippen LogP contribution in [0.15, 0.2) is 18.6 Å².